The first kappa shape index (κ1) is 13.2. The summed E-state index contributed by atoms with van der Waals surface area (Å²) >= 11 is 0. The number of methoxy groups -OCH3 is 1. The van der Waals surface area contributed by atoms with E-state index in [1.165, 1.54) is 29.8 Å². The Labute approximate surface area is 110 Å². The van der Waals surface area contributed by atoms with Gasteiger partial charge in [0.25, 0.3) is 0 Å². The highest BCUT2D eigenvalue weighted by molar-refractivity contribution is 5.62. The van der Waals surface area contributed by atoms with Gasteiger partial charge in [-0.3, -0.25) is 0 Å². The number of fused-ring (bicyclic) bond motifs is 1. The number of nitrogens with zero attached hydrogens (tertiary/aromatic N) is 1. The van der Waals surface area contributed by atoms with E-state index in [2.05, 4.69) is 42.3 Å². The maximum absolute atomic E-state index is 5.27. The van der Waals surface area contributed by atoms with Gasteiger partial charge in [0.1, 0.15) is 0 Å². The van der Waals surface area contributed by atoms with Crippen LogP contribution in [0.5, 0.6) is 0 Å². The minimum Gasteiger partial charge on any atom is -0.385 e. The Balaban J connectivity index is 2.20. The highest BCUT2D eigenvalue weighted by atomic mass is 16.5. The van der Waals surface area contributed by atoms with Crippen molar-refractivity contribution in [3.63, 3.8) is 0 Å². The third-order valence-electron chi connectivity index (χ3n) is 3.64. The van der Waals surface area contributed by atoms with Crippen molar-refractivity contribution in [2.75, 3.05) is 37.0 Å². The standard InChI is InChI=1S/C15H24N2O/c1-4-17(12(2)11-18-3)14-7-8-15-13(10-14)6-5-9-16-15/h7-8,10,12,16H,4-6,9,11H2,1-3H3. The highest BCUT2D eigenvalue weighted by Crippen LogP contribution is 2.28. The molecular formula is C15H24N2O. The molecule has 1 aliphatic heterocycles. The van der Waals surface area contributed by atoms with Gasteiger partial charge in [0.05, 0.1) is 6.61 Å². The predicted molar refractivity (Wildman–Crippen MR) is 77.6 cm³/mol. The highest BCUT2D eigenvalue weighted by Gasteiger charge is 2.15. The molecule has 3 nitrogen and oxygen atoms in total. The number of likely N-dealkylation sites (N-methyl/N-ethyl adjacent to an activating group) is 1. The monoisotopic (exact) mass is 248 g/mol. The fourth-order valence-corrected chi connectivity index (χ4v) is 2.72. The second kappa shape index (κ2) is 6.10. The van der Waals surface area contributed by atoms with E-state index < -0.39 is 0 Å². The van der Waals surface area contributed by atoms with Crippen molar-refractivity contribution in [1.82, 2.24) is 0 Å². The van der Waals surface area contributed by atoms with Crippen molar-refractivity contribution >= 4 is 11.4 Å². The van der Waals surface area contributed by atoms with Gasteiger partial charge in [0.2, 0.25) is 0 Å². The van der Waals surface area contributed by atoms with Gasteiger partial charge in [-0.05, 0) is 50.5 Å². The molecule has 3 heteroatoms. The second-order valence-electron chi connectivity index (χ2n) is 4.96. The summed E-state index contributed by atoms with van der Waals surface area (Å²) in [6.07, 6.45) is 2.42. The van der Waals surface area contributed by atoms with Crippen molar-refractivity contribution in [3.8, 4) is 0 Å². The van der Waals surface area contributed by atoms with Gasteiger partial charge in [0, 0.05) is 37.6 Å². The average Bonchev–Trinajstić information content (AvgIpc) is 2.40. The van der Waals surface area contributed by atoms with Crippen LogP contribution in [-0.2, 0) is 11.2 Å². The van der Waals surface area contributed by atoms with Gasteiger partial charge in [-0.25, -0.2) is 0 Å². The Morgan fingerprint density at radius 1 is 1.44 bits per heavy atom. The molecule has 1 unspecified atom stereocenters. The molecule has 0 spiro atoms. The third-order valence-corrected chi connectivity index (χ3v) is 3.64. The van der Waals surface area contributed by atoms with Gasteiger partial charge >= 0.3 is 0 Å². The molecule has 2 rings (SSSR count). The summed E-state index contributed by atoms with van der Waals surface area (Å²) in [6, 6.07) is 7.17. The molecule has 1 aliphatic rings. The zero-order valence-electron chi connectivity index (χ0n) is 11.7. The van der Waals surface area contributed by atoms with Crippen molar-refractivity contribution in [1.29, 1.82) is 0 Å². The summed E-state index contributed by atoms with van der Waals surface area (Å²) in [5, 5.41) is 3.46. The molecule has 1 aromatic carbocycles. The lowest BCUT2D eigenvalue weighted by atomic mass is 10.0. The maximum Gasteiger partial charge on any atom is 0.0663 e. The molecule has 0 radical (unpaired) electrons. The van der Waals surface area contributed by atoms with Gasteiger partial charge < -0.3 is 15.0 Å². The molecule has 0 fully saturated rings. The lowest BCUT2D eigenvalue weighted by Crippen LogP contribution is -2.36. The van der Waals surface area contributed by atoms with Crippen molar-refractivity contribution in [3.05, 3.63) is 23.8 Å². The lowest BCUT2D eigenvalue weighted by molar-refractivity contribution is 0.182. The van der Waals surface area contributed by atoms with E-state index in [1.54, 1.807) is 7.11 Å². The van der Waals surface area contributed by atoms with E-state index >= 15 is 0 Å². The minimum atomic E-state index is 0.412. The number of hydrogen-bond donors (Lipinski definition) is 1. The molecule has 1 heterocycles. The smallest absolute Gasteiger partial charge is 0.0663 e. The van der Waals surface area contributed by atoms with Gasteiger partial charge in [-0.15, -0.1) is 0 Å². The molecule has 1 atom stereocenters. The molecule has 100 valence electrons. The Morgan fingerprint density at radius 3 is 3.00 bits per heavy atom. The number of anilines is 2. The van der Waals surface area contributed by atoms with Gasteiger partial charge in [-0.1, -0.05) is 0 Å². The Kier molecular flexibility index (Phi) is 4.48. The molecular weight excluding hydrogens is 224 g/mol. The van der Waals surface area contributed by atoms with Crippen molar-refractivity contribution in [2.45, 2.75) is 32.7 Å². The van der Waals surface area contributed by atoms with E-state index in [4.69, 9.17) is 4.74 Å². The van der Waals surface area contributed by atoms with E-state index in [0.29, 0.717) is 6.04 Å². The van der Waals surface area contributed by atoms with Gasteiger partial charge in [0.15, 0.2) is 0 Å². The summed E-state index contributed by atoms with van der Waals surface area (Å²) in [6.45, 7) is 7.29. The molecule has 0 aliphatic carbocycles. The summed E-state index contributed by atoms with van der Waals surface area (Å²) in [5.74, 6) is 0. The first-order chi connectivity index (χ1) is 8.76. The summed E-state index contributed by atoms with van der Waals surface area (Å²) in [4.78, 5) is 2.40. The first-order valence-corrected chi connectivity index (χ1v) is 6.88. The zero-order valence-corrected chi connectivity index (χ0v) is 11.7. The van der Waals surface area contributed by atoms with Crippen LogP contribution in [0.1, 0.15) is 25.8 Å². The summed E-state index contributed by atoms with van der Waals surface area (Å²) in [5.41, 5.74) is 4.06. The lowest BCUT2D eigenvalue weighted by Gasteiger charge is -2.31. The van der Waals surface area contributed by atoms with Crippen molar-refractivity contribution in [2.24, 2.45) is 0 Å². The number of benzene rings is 1. The van der Waals surface area contributed by atoms with Gasteiger partial charge in [-0.2, -0.15) is 0 Å². The zero-order chi connectivity index (χ0) is 13.0. The van der Waals surface area contributed by atoms with Crippen LogP contribution in [0, 0.1) is 0 Å². The maximum atomic E-state index is 5.27. The topological polar surface area (TPSA) is 24.5 Å². The molecule has 0 bridgehead atoms. The Bertz CT molecular complexity index is 392. The largest absolute Gasteiger partial charge is 0.385 e. The molecule has 0 aromatic heterocycles. The fourth-order valence-electron chi connectivity index (χ4n) is 2.72. The molecule has 0 amide bonds. The minimum absolute atomic E-state index is 0.412. The quantitative estimate of drug-likeness (QED) is 0.867. The van der Waals surface area contributed by atoms with Crippen LogP contribution in [-0.4, -0.2) is 32.8 Å². The van der Waals surface area contributed by atoms with Crippen LogP contribution < -0.4 is 10.2 Å². The number of aryl methyl sites for hydroxylation is 1. The van der Waals surface area contributed by atoms with Crippen LogP contribution in [0.15, 0.2) is 18.2 Å². The van der Waals surface area contributed by atoms with Crippen LogP contribution >= 0.6 is 0 Å². The van der Waals surface area contributed by atoms with Crippen LogP contribution in [0.4, 0.5) is 11.4 Å². The molecule has 1 aromatic rings. The summed E-state index contributed by atoms with van der Waals surface area (Å²) < 4.78 is 5.27. The Morgan fingerprint density at radius 2 is 2.28 bits per heavy atom. The number of hydrogen-bond acceptors (Lipinski definition) is 3. The van der Waals surface area contributed by atoms with Crippen LogP contribution in [0.25, 0.3) is 0 Å². The molecule has 1 N–H and O–H groups in total. The van der Waals surface area contributed by atoms with E-state index in [-0.39, 0.29) is 0 Å². The number of nitrogens with one attached hydrogen (secondary N) is 1. The van der Waals surface area contributed by atoms with Crippen molar-refractivity contribution < 1.29 is 4.74 Å². The number of rotatable bonds is 5. The van der Waals surface area contributed by atoms with E-state index in [0.717, 1.165) is 19.7 Å². The van der Waals surface area contributed by atoms with Crippen LogP contribution in [0.3, 0.4) is 0 Å². The predicted octanol–water partition coefficient (Wildman–Crippen LogP) is 2.91. The number of ether oxygens (including phenoxy) is 1. The Hall–Kier alpha value is -1.22. The molecule has 0 saturated heterocycles. The normalized spacial score (nSPS) is 15.7. The fraction of sp³-hybridized carbons (Fsp3) is 0.600. The van der Waals surface area contributed by atoms with Crippen LogP contribution in [0.2, 0.25) is 0 Å². The van der Waals surface area contributed by atoms with E-state index in [1.807, 2.05) is 0 Å². The second-order valence-corrected chi connectivity index (χ2v) is 4.96. The molecule has 0 saturated carbocycles. The average molecular weight is 248 g/mol. The van der Waals surface area contributed by atoms with E-state index in [9.17, 15) is 0 Å². The third kappa shape index (κ3) is 2.78. The SMILES string of the molecule is CCN(c1ccc2c(c1)CCCN2)C(C)COC. The summed E-state index contributed by atoms with van der Waals surface area (Å²) in [7, 11) is 1.76. The first-order valence-electron chi connectivity index (χ1n) is 6.88. The molecule has 18 heavy (non-hydrogen) atoms.